The van der Waals surface area contributed by atoms with E-state index >= 15 is 0 Å². The molecule has 1 N–H and O–H groups in total. The van der Waals surface area contributed by atoms with Crippen LogP contribution in [-0.2, 0) is 16.9 Å². The Bertz CT molecular complexity index is 965. The number of rotatable bonds is 4. The van der Waals surface area contributed by atoms with Crippen LogP contribution in [-0.4, -0.2) is 27.0 Å². The highest BCUT2D eigenvalue weighted by molar-refractivity contribution is 7.13. The van der Waals surface area contributed by atoms with E-state index in [1.54, 1.807) is 6.92 Å². The first-order valence-corrected chi connectivity index (χ1v) is 8.93. The zero-order chi connectivity index (χ0) is 18.3. The summed E-state index contributed by atoms with van der Waals surface area (Å²) in [6.45, 7) is 3.60. The Balaban J connectivity index is 1.57. The molecule has 0 bridgehead atoms. The van der Waals surface area contributed by atoms with Crippen molar-refractivity contribution in [1.29, 1.82) is 0 Å². The molecule has 1 aromatic carbocycles. The zero-order valence-electron chi connectivity index (χ0n) is 14.2. The molecule has 8 heteroatoms. The van der Waals surface area contributed by atoms with Crippen LogP contribution < -0.4 is 5.32 Å². The van der Waals surface area contributed by atoms with Gasteiger partial charge in [-0.2, -0.15) is 4.98 Å². The van der Waals surface area contributed by atoms with Gasteiger partial charge in [-0.15, -0.1) is 11.3 Å². The fraction of sp³-hybridized carbons (Fsp3) is 0.222. The van der Waals surface area contributed by atoms with Crippen molar-refractivity contribution in [2.45, 2.75) is 25.9 Å². The third kappa shape index (κ3) is 2.68. The molecule has 7 nitrogen and oxygen atoms in total. The Hall–Kier alpha value is -3.00. The minimum atomic E-state index is -1.11. The number of hydrogen-bond acceptors (Lipinski definition) is 6. The number of aromatic nitrogens is 2. The molecule has 3 heterocycles. The molecule has 132 valence electrons. The van der Waals surface area contributed by atoms with Crippen LogP contribution in [0.5, 0.6) is 0 Å². The number of imide groups is 1. The molecular formula is C18H16N4O3S. The van der Waals surface area contributed by atoms with Crippen LogP contribution in [0.3, 0.4) is 0 Å². The fourth-order valence-corrected chi connectivity index (χ4v) is 3.53. The normalized spacial score (nSPS) is 19.8. The third-order valence-corrected chi connectivity index (χ3v) is 5.27. The number of carbonyl (C=O) groups excluding carboxylic acids is 2. The van der Waals surface area contributed by atoms with Gasteiger partial charge >= 0.3 is 6.03 Å². The van der Waals surface area contributed by atoms with E-state index in [0.29, 0.717) is 5.82 Å². The highest BCUT2D eigenvalue weighted by Gasteiger charge is 2.49. The minimum Gasteiger partial charge on any atom is -0.337 e. The highest BCUT2D eigenvalue weighted by atomic mass is 32.1. The Labute approximate surface area is 153 Å². The first-order chi connectivity index (χ1) is 12.5. The van der Waals surface area contributed by atoms with Gasteiger partial charge in [-0.05, 0) is 30.9 Å². The summed E-state index contributed by atoms with van der Waals surface area (Å²) in [5.41, 5.74) is 0.702. The number of carbonyl (C=O) groups is 2. The topological polar surface area (TPSA) is 88.3 Å². The van der Waals surface area contributed by atoms with E-state index < -0.39 is 11.6 Å². The molecule has 26 heavy (non-hydrogen) atoms. The van der Waals surface area contributed by atoms with Gasteiger partial charge in [0.25, 0.3) is 5.91 Å². The van der Waals surface area contributed by atoms with E-state index in [2.05, 4.69) is 15.5 Å². The van der Waals surface area contributed by atoms with E-state index in [1.165, 1.54) is 11.3 Å². The number of nitrogens with zero attached hydrogens (tertiary/aromatic N) is 3. The second kappa shape index (κ2) is 6.06. The number of benzene rings is 1. The molecule has 0 radical (unpaired) electrons. The molecule has 0 unspecified atom stereocenters. The molecule has 1 aliphatic rings. The molecule has 1 saturated heterocycles. The van der Waals surface area contributed by atoms with Gasteiger partial charge in [0, 0.05) is 0 Å². The van der Waals surface area contributed by atoms with Gasteiger partial charge < -0.3 is 9.84 Å². The molecule has 1 aliphatic heterocycles. The van der Waals surface area contributed by atoms with Gasteiger partial charge in [0.15, 0.2) is 0 Å². The van der Waals surface area contributed by atoms with Crippen molar-refractivity contribution in [3.63, 3.8) is 0 Å². The van der Waals surface area contributed by atoms with Crippen LogP contribution in [0.2, 0.25) is 0 Å². The van der Waals surface area contributed by atoms with Crippen molar-refractivity contribution in [2.75, 3.05) is 0 Å². The zero-order valence-corrected chi connectivity index (χ0v) is 15.0. The largest absolute Gasteiger partial charge is 0.337 e. The molecular weight excluding hydrogens is 352 g/mol. The summed E-state index contributed by atoms with van der Waals surface area (Å²) in [5.74, 6) is 0.315. The maximum Gasteiger partial charge on any atom is 0.325 e. The lowest BCUT2D eigenvalue weighted by Gasteiger charge is -2.22. The molecule has 3 aromatic rings. The average Bonchev–Trinajstić information content (AvgIpc) is 3.34. The third-order valence-electron chi connectivity index (χ3n) is 4.41. The number of thiophene rings is 1. The maximum absolute atomic E-state index is 12.9. The SMILES string of the molecule is Cc1ccc([C@@]2(C)NC(=O)N(Cc3nc(-c4cccs4)no3)C2=O)cc1. The van der Waals surface area contributed by atoms with Gasteiger partial charge in [-0.25, -0.2) is 4.79 Å². The number of urea groups is 1. The Morgan fingerprint density at radius 3 is 2.69 bits per heavy atom. The lowest BCUT2D eigenvalue weighted by Crippen LogP contribution is -2.40. The summed E-state index contributed by atoms with van der Waals surface area (Å²) in [5, 5.41) is 8.59. The summed E-state index contributed by atoms with van der Waals surface area (Å²) in [4.78, 5) is 31.5. The van der Waals surface area contributed by atoms with Gasteiger partial charge in [-0.3, -0.25) is 9.69 Å². The van der Waals surface area contributed by atoms with Crippen molar-refractivity contribution >= 4 is 23.3 Å². The number of hydrogen-bond donors (Lipinski definition) is 1. The monoisotopic (exact) mass is 368 g/mol. The maximum atomic E-state index is 12.9. The van der Waals surface area contributed by atoms with Crippen LogP contribution in [0.4, 0.5) is 4.79 Å². The van der Waals surface area contributed by atoms with Crippen molar-refractivity contribution in [3.8, 4) is 10.7 Å². The van der Waals surface area contributed by atoms with Crippen molar-refractivity contribution in [1.82, 2.24) is 20.4 Å². The first kappa shape index (κ1) is 16.5. The van der Waals surface area contributed by atoms with Crippen LogP contribution in [0.25, 0.3) is 10.7 Å². The summed E-state index contributed by atoms with van der Waals surface area (Å²) in [7, 11) is 0. The Kier molecular flexibility index (Phi) is 3.84. The highest BCUT2D eigenvalue weighted by Crippen LogP contribution is 2.30. The fourth-order valence-electron chi connectivity index (χ4n) is 2.88. The molecule has 0 spiro atoms. The molecule has 3 amide bonds. The van der Waals surface area contributed by atoms with Crippen molar-refractivity contribution in [2.24, 2.45) is 0 Å². The van der Waals surface area contributed by atoms with E-state index in [1.807, 2.05) is 48.7 Å². The van der Waals surface area contributed by atoms with Crippen LogP contribution in [0, 0.1) is 6.92 Å². The second-order valence-corrected chi connectivity index (χ2v) is 7.25. The lowest BCUT2D eigenvalue weighted by molar-refractivity contribution is -0.131. The molecule has 1 fully saturated rings. The predicted molar refractivity (Wildman–Crippen MR) is 95.2 cm³/mol. The average molecular weight is 368 g/mol. The standard InChI is InChI=1S/C18H16N4O3S/c1-11-5-7-12(8-6-11)18(2)16(23)22(17(24)20-18)10-14-19-15(21-25-14)13-4-3-9-26-13/h3-9H,10H2,1-2H3,(H,20,24)/t18-/m1/s1. The number of amides is 3. The van der Waals surface area contributed by atoms with E-state index in [4.69, 9.17) is 4.52 Å². The molecule has 4 rings (SSSR count). The number of nitrogens with one attached hydrogen (secondary N) is 1. The van der Waals surface area contributed by atoms with Gasteiger partial charge in [-0.1, -0.05) is 41.1 Å². The predicted octanol–water partition coefficient (Wildman–Crippen LogP) is 3.07. The van der Waals surface area contributed by atoms with E-state index in [-0.39, 0.29) is 18.3 Å². The lowest BCUT2D eigenvalue weighted by atomic mass is 9.91. The van der Waals surface area contributed by atoms with Gasteiger partial charge in [0.2, 0.25) is 11.7 Å². The quantitative estimate of drug-likeness (QED) is 0.715. The molecule has 2 aromatic heterocycles. The molecule has 0 saturated carbocycles. The second-order valence-electron chi connectivity index (χ2n) is 6.30. The Morgan fingerprint density at radius 1 is 1.23 bits per heavy atom. The first-order valence-electron chi connectivity index (χ1n) is 8.05. The van der Waals surface area contributed by atoms with Crippen molar-refractivity contribution in [3.05, 3.63) is 58.8 Å². The van der Waals surface area contributed by atoms with E-state index in [0.717, 1.165) is 20.9 Å². The van der Waals surface area contributed by atoms with Crippen LogP contribution in [0.15, 0.2) is 46.3 Å². The molecule has 0 aliphatic carbocycles. The molecule has 1 atom stereocenters. The smallest absolute Gasteiger partial charge is 0.325 e. The van der Waals surface area contributed by atoms with E-state index in [9.17, 15) is 9.59 Å². The van der Waals surface area contributed by atoms with Gasteiger partial charge in [0.05, 0.1) is 4.88 Å². The number of aryl methyl sites for hydroxylation is 1. The summed E-state index contributed by atoms with van der Waals surface area (Å²) >= 11 is 1.49. The van der Waals surface area contributed by atoms with Crippen molar-refractivity contribution < 1.29 is 14.1 Å². The van der Waals surface area contributed by atoms with Gasteiger partial charge in [0.1, 0.15) is 12.1 Å². The minimum absolute atomic E-state index is 0.0650. The Morgan fingerprint density at radius 2 is 2.00 bits per heavy atom. The van der Waals surface area contributed by atoms with Crippen LogP contribution >= 0.6 is 11.3 Å². The summed E-state index contributed by atoms with van der Waals surface area (Å²) in [6.07, 6.45) is 0. The summed E-state index contributed by atoms with van der Waals surface area (Å²) < 4.78 is 5.21. The van der Waals surface area contributed by atoms with Crippen LogP contribution in [0.1, 0.15) is 23.9 Å². The summed E-state index contributed by atoms with van der Waals surface area (Å²) in [6, 6.07) is 10.8.